The first kappa shape index (κ1) is 15.2. The number of benzene rings is 2. The molecule has 0 aromatic heterocycles. The summed E-state index contributed by atoms with van der Waals surface area (Å²) in [5.74, 6) is 0.282. The number of amides is 1. The Balaban J connectivity index is 1.91. The van der Waals surface area contributed by atoms with E-state index >= 15 is 0 Å². The zero-order valence-electron chi connectivity index (χ0n) is 10.2. The smallest absolute Gasteiger partial charge is 0.262 e. The van der Waals surface area contributed by atoms with Crippen molar-refractivity contribution < 1.29 is 9.53 Å². The number of rotatable bonds is 4. The quantitative estimate of drug-likeness (QED) is 0.836. The van der Waals surface area contributed by atoms with Crippen molar-refractivity contribution in [1.82, 2.24) is 0 Å². The van der Waals surface area contributed by atoms with Gasteiger partial charge in [-0.3, -0.25) is 4.79 Å². The second kappa shape index (κ2) is 6.97. The lowest BCUT2D eigenvalue weighted by molar-refractivity contribution is -0.118. The maximum atomic E-state index is 11.7. The van der Waals surface area contributed by atoms with Gasteiger partial charge in [0.05, 0.1) is 5.02 Å². The van der Waals surface area contributed by atoms with E-state index in [2.05, 4.69) is 21.2 Å². The molecule has 2 aromatic rings. The van der Waals surface area contributed by atoms with E-state index in [1.54, 1.807) is 42.5 Å². The van der Waals surface area contributed by atoms with E-state index in [-0.39, 0.29) is 12.5 Å². The SMILES string of the molecule is O=C(COc1cccc(Cl)c1)Nc1ccc(Cl)c(Br)c1. The average molecular weight is 375 g/mol. The molecule has 0 heterocycles. The van der Waals surface area contributed by atoms with Crippen molar-refractivity contribution in [2.24, 2.45) is 0 Å². The van der Waals surface area contributed by atoms with Gasteiger partial charge < -0.3 is 10.1 Å². The highest BCUT2D eigenvalue weighted by Crippen LogP contribution is 2.25. The summed E-state index contributed by atoms with van der Waals surface area (Å²) >= 11 is 15.0. The highest BCUT2D eigenvalue weighted by Gasteiger charge is 2.05. The Labute approximate surface area is 135 Å². The second-order valence-electron chi connectivity index (χ2n) is 3.92. The number of ether oxygens (including phenoxy) is 1. The molecular formula is C14H10BrCl2NO2. The zero-order chi connectivity index (χ0) is 14.5. The number of nitrogens with one attached hydrogen (secondary N) is 1. The van der Waals surface area contributed by atoms with Crippen molar-refractivity contribution in [2.45, 2.75) is 0 Å². The van der Waals surface area contributed by atoms with Crippen molar-refractivity contribution in [1.29, 1.82) is 0 Å². The van der Waals surface area contributed by atoms with Gasteiger partial charge in [-0.25, -0.2) is 0 Å². The van der Waals surface area contributed by atoms with Crippen LogP contribution in [-0.2, 0) is 4.79 Å². The number of carbonyl (C=O) groups excluding carboxylic acids is 1. The molecule has 2 aromatic carbocycles. The maximum absolute atomic E-state index is 11.7. The second-order valence-corrected chi connectivity index (χ2v) is 5.62. The average Bonchev–Trinajstić information content (AvgIpc) is 2.41. The van der Waals surface area contributed by atoms with E-state index in [0.717, 1.165) is 0 Å². The lowest BCUT2D eigenvalue weighted by Gasteiger charge is -2.08. The molecule has 2 rings (SSSR count). The summed E-state index contributed by atoms with van der Waals surface area (Å²) in [6.07, 6.45) is 0. The van der Waals surface area contributed by atoms with Gasteiger partial charge in [-0.15, -0.1) is 0 Å². The fourth-order valence-electron chi connectivity index (χ4n) is 1.48. The van der Waals surface area contributed by atoms with Gasteiger partial charge in [-0.05, 0) is 52.3 Å². The number of anilines is 1. The lowest BCUT2D eigenvalue weighted by Crippen LogP contribution is -2.20. The molecule has 0 aliphatic heterocycles. The Kier molecular flexibility index (Phi) is 5.29. The molecule has 1 amide bonds. The van der Waals surface area contributed by atoms with Gasteiger partial charge in [0.2, 0.25) is 0 Å². The van der Waals surface area contributed by atoms with Crippen LogP contribution >= 0.6 is 39.1 Å². The van der Waals surface area contributed by atoms with Gasteiger partial charge >= 0.3 is 0 Å². The lowest BCUT2D eigenvalue weighted by atomic mass is 10.3. The topological polar surface area (TPSA) is 38.3 Å². The van der Waals surface area contributed by atoms with Crippen LogP contribution in [-0.4, -0.2) is 12.5 Å². The largest absolute Gasteiger partial charge is 0.484 e. The molecule has 20 heavy (non-hydrogen) atoms. The third kappa shape index (κ3) is 4.40. The summed E-state index contributed by atoms with van der Waals surface area (Å²) < 4.78 is 6.06. The van der Waals surface area contributed by atoms with E-state index < -0.39 is 0 Å². The molecule has 1 N–H and O–H groups in total. The van der Waals surface area contributed by atoms with Crippen LogP contribution in [0.15, 0.2) is 46.9 Å². The Morgan fingerprint density at radius 3 is 2.70 bits per heavy atom. The predicted octanol–water partition coefficient (Wildman–Crippen LogP) is 4.77. The van der Waals surface area contributed by atoms with Gasteiger partial charge in [0, 0.05) is 15.2 Å². The van der Waals surface area contributed by atoms with E-state index in [4.69, 9.17) is 27.9 Å². The van der Waals surface area contributed by atoms with Crippen LogP contribution in [0.2, 0.25) is 10.0 Å². The Morgan fingerprint density at radius 1 is 1.20 bits per heavy atom. The normalized spacial score (nSPS) is 10.2. The monoisotopic (exact) mass is 373 g/mol. The molecule has 0 saturated heterocycles. The molecule has 0 fully saturated rings. The molecule has 0 aliphatic carbocycles. The molecule has 0 atom stereocenters. The number of hydrogen-bond acceptors (Lipinski definition) is 2. The summed E-state index contributed by atoms with van der Waals surface area (Å²) in [6, 6.07) is 12.0. The predicted molar refractivity (Wildman–Crippen MR) is 84.7 cm³/mol. The summed E-state index contributed by atoms with van der Waals surface area (Å²) in [5, 5.41) is 3.85. The Bertz CT molecular complexity index is 634. The molecule has 0 aliphatic rings. The number of carbonyl (C=O) groups is 1. The first-order valence-electron chi connectivity index (χ1n) is 5.68. The fourth-order valence-corrected chi connectivity index (χ4v) is 2.15. The van der Waals surface area contributed by atoms with Crippen LogP contribution in [0.3, 0.4) is 0 Å². The summed E-state index contributed by atoms with van der Waals surface area (Å²) in [7, 11) is 0. The van der Waals surface area contributed by atoms with Crippen molar-refractivity contribution >= 4 is 50.7 Å². The van der Waals surface area contributed by atoms with E-state index in [1.807, 2.05) is 0 Å². The van der Waals surface area contributed by atoms with Crippen LogP contribution in [0.5, 0.6) is 5.75 Å². The first-order valence-corrected chi connectivity index (χ1v) is 7.23. The van der Waals surface area contributed by atoms with Crippen LogP contribution < -0.4 is 10.1 Å². The Morgan fingerprint density at radius 2 is 2.00 bits per heavy atom. The van der Waals surface area contributed by atoms with Crippen molar-refractivity contribution in [3.63, 3.8) is 0 Å². The van der Waals surface area contributed by atoms with Gasteiger partial charge in [-0.2, -0.15) is 0 Å². The molecule has 0 radical (unpaired) electrons. The third-order valence-electron chi connectivity index (χ3n) is 2.37. The molecule has 6 heteroatoms. The Hall–Kier alpha value is -1.23. The van der Waals surface area contributed by atoms with Crippen LogP contribution in [0.25, 0.3) is 0 Å². The minimum absolute atomic E-state index is 0.0966. The molecule has 0 bridgehead atoms. The minimum Gasteiger partial charge on any atom is -0.484 e. The molecule has 104 valence electrons. The van der Waals surface area contributed by atoms with Gasteiger partial charge in [0.15, 0.2) is 6.61 Å². The zero-order valence-corrected chi connectivity index (χ0v) is 13.3. The standard InChI is InChI=1S/C14H10BrCl2NO2/c15-12-7-10(4-5-13(12)17)18-14(19)8-20-11-3-1-2-9(16)6-11/h1-7H,8H2,(H,18,19). The molecule has 0 saturated carbocycles. The fraction of sp³-hybridized carbons (Fsp3) is 0.0714. The number of halogens is 3. The highest BCUT2D eigenvalue weighted by atomic mass is 79.9. The number of hydrogen-bond donors (Lipinski definition) is 1. The summed E-state index contributed by atoms with van der Waals surface area (Å²) in [4.78, 5) is 11.7. The summed E-state index contributed by atoms with van der Waals surface area (Å²) in [5.41, 5.74) is 0.640. The first-order chi connectivity index (χ1) is 9.54. The van der Waals surface area contributed by atoms with Crippen LogP contribution in [0.1, 0.15) is 0 Å². The highest BCUT2D eigenvalue weighted by molar-refractivity contribution is 9.10. The molecule has 3 nitrogen and oxygen atoms in total. The molecule has 0 unspecified atom stereocenters. The minimum atomic E-state index is -0.265. The van der Waals surface area contributed by atoms with Crippen LogP contribution in [0.4, 0.5) is 5.69 Å². The van der Waals surface area contributed by atoms with Gasteiger partial charge in [-0.1, -0.05) is 29.3 Å². The molecule has 0 spiro atoms. The van der Waals surface area contributed by atoms with Crippen molar-refractivity contribution in [3.05, 3.63) is 57.0 Å². The maximum Gasteiger partial charge on any atom is 0.262 e. The van der Waals surface area contributed by atoms with Gasteiger partial charge in [0.25, 0.3) is 5.91 Å². The van der Waals surface area contributed by atoms with E-state index in [9.17, 15) is 4.79 Å². The molecular weight excluding hydrogens is 365 g/mol. The van der Waals surface area contributed by atoms with E-state index in [1.165, 1.54) is 0 Å². The third-order valence-corrected chi connectivity index (χ3v) is 3.82. The van der Waals surface area contributed by atoms with Gasteiger partial charge in [0.1, 0.15) is 5.75 Å². The van der Waals surface area contributed by atoms with Crippen molar-refractivity contribution in [3.8, 4) is 5.75 Å². The van der Waals surface area contributed by atoms with Crippen LogP contribution in [0, 0.1) is 0 Å². The van der Waals surface area contributed by atoms with Crippen molar-refractivity contribution in [2.75, 3.05) is 11.9 Å². The summed E-state index contributed by atoms with van der Waals surface area (Å²) in [6.45, 7) is -0.0966. The van der Waals surface area contributed by atoms with E-state index in [0.29, 0.717) is 26.0 Å².